The monoisotopic (exact) mass is 1460 g/mol. The van der Waals surface area contributed by atoms with Gasteiger partial charge in [0.1, 0.15) is 0 Å². The maximum atomic E-state index is 2.55. The molecule has 4 aliphatic carbocycles. The molecule has 548 valence electrons. The summed E-state index contributed by atoms with van der Waals surface area (Å²) in [6.07, 6.45) is 0. The van der Waals surface area contributed by atoms with Crippen molar-refractivity contribution in [1.82, 2.24) is 0 Å². The highest BCUT2D eigenvalue weighted by molar-refractivity contribution is 6.25. The third kappa shape index (κ3) is 10.6. The average molecular weight is 1460 g/mol. The number of anilines is 6. The van der Waals surface area contributed by atoms with Crippen molar-refractivity contribution in [2.75, 3.05) is 9.80 Å². The maximum absolute atomic E-state index is 2.55. The van der Waals surface area contributed by atoms with Gasteiger partial charge in [0.15, 0.2) is 0 Å². The Morgan fingerprint density at radius 1 is 0.184 bits per heavy atom. The van der Waals surface area contributed by atoms with Gasteiger partial charge in [-0.3, -0.25) is 0 Å². The second kappa shape index (κ2) is 25.3. The molecule has 4 aliphatic rings. The Balaban J connectivity index is 0.703. The first-order chi connectivity index (χ1) is 55.2. The zero-order valence-electron chi connectivity index (χ0n) is 66.8. The van der Waals surface area contributed by atoms with Crippen LogP contribution in [0.2, 0.25) is 0 Å². The molecule has 17 aromatic carbocycles. The van der Waals surface area contributed by atoms with Gasteiger partial charge in [0.25, 0.3) is 0 Å². The highest BCUT2D eigenvalue weighted by Crippen LogP contribution is 2.58. The molecule has 0 atom stereocenters. The minimum absolute atomic E-state index is 0.0164. The maximum Gasteiger partial charge on any atom is 0.0546 e. The molecule has 0 radical (unpaired) electrons. The van der Waals surface area contributed by atoms with Crippen molar-refractivity contribution in [3.63, 3.8) is 0 Å². The molecule has 0 heterocycles. The van der Waals surface area contributed by atoms with Crippen molar-refractivity contribution in [1.29, 1.82) is 0 Å². The number of rotatable bonds is 11. The smallest absolute Gasteiger partial charge is 0.0546 e. The van der Waals surface area contributed by atoms with E-state index in [1.807, 2.05) is 0 Å². The zero-order chi connectivity index (χ0) is 77.5. The molecule has 0 amide bonds. The highest BCUT2D eigenvalue weighted by Gasteiger charge is 2.41. The molecule has 114 heavy (non-hydrogen) atoms. The molecular formula is C112H90N2. The molecule has 0 saturated carbocycles. The van der Waals surface area contributed by atoms with Crippen molar-refractivity contribution in [2.24, 2.45) is 0 Å². The van der Waals surface area contributed by atoms with Gasteiger partial charge in [-0.2, -0.15) is 0 Å². The van der Waals surface area contributed by atoms with Gasteiger partial charge < -0.3 is 9.80 Å². The van der Waals surface area contributed by atoms with Crippen molar-refractivity contribution < 1.29 is 0 Å². The van der Waals surface area contributed by atoms with E-state index in [-0.39, 0.29) is 27.1 Å². The van der Waals surface area contributed by atoms with Crippen LogP contribution in [0.5, 0.6) is 0 Å². The quantitative estimate of drug-likeness (QED) is 0.119. The number of hydrogen-bond acceptors (Lipinski definition) is 2. The fraction of sp³-hybridized carbons (Fsp3) is 0.143. The van der Waals surface area contributed by atoms with E-state index in [2.05, 4.69) is 432 Å². The van der Waals surface area contributed by atoms with Crippen LogP contribution >= 0.6 is 0 Å². The molecule has 2 nitrogen and oxygen atoms in total. The van der Waals surface area contributed by atoms with Crippen LogP contribution in [0.3, 0.4) is 0 Å². The number of nitrogens with zero attached hydrogens (tertiary/aromatic N) is 2. The molecule has 21 rings (SSSR count). The van der Waals surface area contributed by atoms with Crippen LogP contribution in [-0.2, 0) is 27.1 Å². The Morgan fingerprint density at radius 2 is 0.482 bits per heavy atom. The number of hydrogen-bond donors (Lipinski definition) is 0. The van der Waals surface area contributed by atoms with Crippen LogP contribution in [0.25, 0.3) is 132 Å². The first kappa shape index (κ1) is 69.1. The first-order valence-corrected chi connectivity index (χ1v) is 40.7. The standard InChI is InChI=1S/C112H90N2/c1-108(2,3)78-49-51-79(52-50-78)114(105-42-24-21-33-82(105)69-27-13-12-14-28-69)107-68-96-83-34-15-17-38-93(83)106(67-95(96)84-35-16-18-39-94(84)107)113(80-31-25-29-70(59-80)72-43-55-89-91-57-47-76(65-103(91)111(8,9)101(89)61-72)74-45-53-87-85-36-19-22-40-97(85)109(4,5)99(87)63-74)81-32-26-30-71(60-81)73-44-56-90-92-58-48-77(66-104(92)112(10,11)102(90)62-73)75-46-54-88-86-37-20-23-41-98(86)110(6,7)100(88)64-75/h12-68H,1-11H3. The van der Waals surface area contributed by atoms with E-state index in [9.17, 15) is 0 Å². The summed E-state index contributed by atoms with van der Waals surface area (Å²) in [6.45, 7) is 26.1. The van der Waals surface area contributed by atoms with E-state index in [1.54, 1.807) is 0 Å². The summed E-state index contributed by atoms with van der Waals surface area (Å²) in [5.41, 5.74) is 40.9. The van der Waals surface area contributed by atoms with Crippen LogP contribution in [0.15, 0.2) is 346 Å². The summed E-state index contributed by atoms with van der Waals surface area (Å²) in [4.78, 5) is 5.07. The molecule has 0 aromatic heterocycles. The Bertz CT molecular complexity index is 6630. The van der Waals surface area contributed by atoms with Gasteiger partial charge in [0, 0.05) is 55.1 Å². The third-order valence-corrected chi connectivity index (χ3v) is 26.6. The van der Waals surface area contributed by atoms with E-state index < -0.39 is 0 Å². The summed E-state index contributed by atoms with van der Waals surface area (Å²) < 4.78 is 0. The highest BCUT2D eigenvalue weighted by atomic mass is 15.2. The summed E-state index contributed by atoms with van der Waals surface area (Å²) in [5.74, 6) is 0. The van der Waals surface area contributed by atoms with Gasteiger partial charge in [-0.1, -0.05) is 331 Å². The summed E-state index contributed by atoms with van der Waals surface area (Å²) in [5, 5.41) is 7.05. The van der Waals surface area contributed by atoms with Crippen molar-refractivity contribution in [2.45, 2.75) is 103 Å². The molecule has 0 saturated heterocycles. The van der Waals surface area contributed by atoms with E-state index in [0.717, 1.165) is 61.6 Å². The zero-order valence-corrected chi connectivity index (χ0v) is 66.8. The summed E-state index contributed by atoms with van der Waals surface area (Å²) in [7, 11) is 0. The fourth-order valence-electron chi connectivity index (χ4n) is 20.4. The van der Waals surface area contributed by atoms with Gasteiger partial charge in [-0.15, -0.1) is 0 Å². The Labute approximate surface area is 671 Å². The van der Waals surface area contributed by atoms with Gasteiger partial charge in [-0.05, 0) is 263 Å². The number of fused-ring (bicyclic) bond motifs is 17. The molecule has 17 aromatic rings. The fourth-order valence-corrected chi connectivity index (χ4v) is 20.4. The van der Waals surface area contributed by atoms with Crippen LogP contribution in [0, 0.1) is 0 Å². The molecule has 0 N–H and O–H groups in total. The van der Waals surface area contributed by atoms with E-state index in [1.165, 1.54) is 155 Å². The molecular weight excluding hydrogens is 1370 g/mol. The van der Waals surface area contributed by atoms with Crippen molar-refractivity contribution in [3.05, 3.63) is 396 Å². The lowest BCUT2D eigenvalue weighted by atomic mass is 9.80. The lowest BCUT2D eigenvalue weighted by molar-refractivity contribution is 0.590. The lowest BCUT2D eigenvalue weighted by Crippen LogP contribution is -2.15. The normalized spacial score (nSPS) is 14.6. The number of benzene rings is 17. The summed E-state index contributed by atoms with van der Waals surface area (Å²) >= 11 is 0. The van der Waals surface area contributed by atoms with Gasteiger partial charge >= 0.3 is 0 Å². The van der Waals surface area contributed by atoms with Gasteiger partial charge in [0.05, 0.1) is 17.1 Å². The van der Waals surface area contributed by atoms with Crippen LogP contribution in [0.4, 0.5) is 34.1 Å². The molecule has 0 fully saturated rings. The number of para-hydroxylation sites is 1. The van der Waals surface area contributed by atoms with E-state index in [4.69, 9.17) is 0 Å². The van der Waals surface area contributed by atoms with Gasteiger partial charge in [0.2, 0.25) is 0 Å². The second-order valence-corrected chi connectivity index (χ2v) is 35.6. The molecule has 2 heteroatoms. The minimum Gasteiger partial charge on any atom is -0.310 e. The SMILES string of the molecule is CC(C)(C)c1ccc(N(c2ccccc2-c2ccccc2)c2cc3c4ccccc4c(N(c4cccc(-c5ccc6c(c5)C(C)(C)c5cc(-c7ccc8c(c7)C(C)(C)c7ccccc7-8)ccc5-6)c4)c4cccc(-c5ccc6c(c5)C(C)(C)c5cc(-c7ccc8c(c7)C(C)(C)c7ccccc7-8)ccc5-6)c4)cc3c3ccccc23)cc1. The van der Waals surface area contributed by atoms with Crippen molar-refractivity contribution >= 4 is 66.4 Å². The lowest BCUT2D eigenvalue weighted by Gasteiger charge is -2.31. The average Bonchev–Trinajstić information content (AvgIpc) is 1.21. The molecule has 0 bridgehead atoms. The second-order valence-electron chi connectivity index (χ2n) is 35.6. The Morgan fingerprint density at radius 3 is 0.868 bits per heavy atom. The Hall–Kier alpha value is -12.9. The third-order valence-electron chi connectivity index (χ3n) is 26.6. The molecule has 0 spiro atoms. The summed E-state index contributed by atoms with van der Waals surface area (Å²) in [6, 6.07) is 132. The van der Waals surface area contributed by atoms with Gasteiger partial charge in [-0.25, -0.2) is 0 Å². The largest absolute Gasteiger partial charge is 0.310 e. The van der Waals surface area contributed by atoms with E-state index >= 15 is 0 Å². The molecule has 0 unspecified atom stereocenters. The van der Waals surface area contributed by atoms with Crippen LogP contribution in [-0.4, -0.2) is 0 Å². The van der Waals surface area contributed by atoms with Crippen LogP contribution in [0.1, 0.15) is 126 Å². The predicted molar refractivity (Wildman–Crippen MR) is 484 cm³/mol. The minimum atomic E-state index is -0.258. The predicted octanol–water partition coefficient (Wildman–Crippen LogP) is 30.9. The molecule has 0 aliphatic heterocycles. The van der Waals surface area contributed by atoms with E-state index in [0.29, 0.717) is 0 Å². The first-order valence-electron chi connectivity index (χ1n) is 40.7. The van der Waals surface area contributed by atoms with Crippen LogP contribution < -0.4 is 9.80 Å². The Kier molecular flexibility index (Phi) is 15.3. The van der Waals surface area contributed by atoms with Crippen molar-refractivity contribution in [3.8, 4) is 100 Å². The topological polar surface area (TPSA) is 6.48 Å².